The van der Waals surface area contributed by atoms with E-state index in [2.05, 4.69) is 56.3 Å². The molecule has 4 rings (SSSR count). The minimum absolute atomic E-state index is 0.311. The Morgan fingerprint density at radius 2 is 1.55 bits per heavy atom. The highest BCUT2D eigenvalue weighted by molar-refractivity contribution is 5.58. The van der Waals surface area contributed by atoms with Gasteiger partial charge in [-0.3, -0.25) is 0 Å². The van der Waals surface area contributed by atoms with Gasteiger partial charge in [0.25, 0.3) is 0 Å². The van der Waals surface area contributed by atoms with Crippen molar-refractivity contribution in [3.8, 4) is 0 Å². The SMILES string of the molecule is Nc1nc2cc(N3CCN(c4ccccc4)CC3)ccn2n1. The third-order valence-electron chi connectivity index (χ3n) is 4.10. The van der Waals surface area contributed by atoms with Gasteiger partial charge in [-0.15, -0.1) is 5.10 Å². The maximum absolute atomic E-state index is 5.64. The molecule has 0 aliphatic carbocycles. The summed E-state index contributed by atoms with van der Waals surface area (Å²) in [6, 6.07) is 14.7. The number of hydrogen-bond donors (Lipinski definition) is 1. The Balaban J connectivity index is 1.50. The molecule has 1 aliphatic rings. The summed E-state index contributed by atoms with van der Waals surface area (Å²) in [6.45, 7) is 4.03. The van der Waals surface area contributed by atoms with E-state index in [1.807, 2.05) is 12.3 Å². The molecule has 0 saturated carbocycles. The Bertz CT molecular complexity index is 774. The number of nitrogen functional groups attached to an aromatic ring is 1. The second-order valence-corrected chi connectivity index (χ2v) is 5.47. The molecule has 0 unspecified atom stereocenters. The van der Waals surface area contributed by atoms with Gasteiger partial charge in [0.05, 0.1) is 0 Å². The summed E-state index contributed by atoms with van der Waals surface area (Å²) < 4.78 is 1.71. The fraction of sp³-hybridized carbons (Fsp3) is 0.250. The summed E-state index contributed by atoms with van der Waals surface area (Å²) in [5.74, 6) is 0.311. The van der Waals surface area contributed by atoms with Crippen molar-refractivity contribution in [2.24, 2.45) is 0 Å². The van der Waals surface area contributed by atoms with E-state index in [0.29, 0.717) is 5.95 Å². The normalized spacial score (nSPS) is 15.5. The van der Waals surface area contributed by atoms with Crippen LogP contribution in [0, 0.1) is 0 Å². The molecule has 3 heterocycles. The van der Waals surface area contributed by atoms with Crippen molar-refractivity contribution < 1.29 is 0 Å². The van der Waals surface area contributed by atoms with Gasteiger partial charge in [-0.2, -0.15) is 4.98 Å². The maximum atomic E-state index is 5.64. The summed E-state index contributed by atoms with van der Waals surface area (Å²) in [6.07, 6.45) is 1.91. The zero-order chi connectivity index (χ0) is 14.9. The van der Waals surface area contributed by atoms with Crippen molar-refractivity contribution in [1.29, 1.82) is 0 Å². The molecule has 1 fully saturated rings. The van der Waals surface area contributed by atoms with Gasteiger partial charge in [-0.1, -0.05) is 18.2 Å². The molecule has 0 atom stereocenters. The van der Waals surface area contributed by atoms with Crippen molar-refractivity contribution in [3.05, 3.63) is 48.7 Å². The van der Waals surface area contributed by atoms with E-state index in [9.17, 15) is 0 Å². The number of anilines is 3. The van der Waals surface area contributed by atoms with Crippen LogP contribution in [0.4, 0.5) is 17.3 Å². The predicted molar refractivity (Wildman–Crippen MR) is 88.3 cm³/mol. The van der Waals surface area contributed by atoms with Gasteiger partial charge in [0.2, 0.25) is 5.95 Å². The second-order valence-electron chi connectivity index (χ2n) is 5.47. The van der Waals surface area contributed by atoms with Crippen LogP contribution in [-0.2, 0) is 0 Å². The fourth-order valence-electron chi connectivity index (χ4n) is 2.95. The Morgan fingerprint density at radius 1 is 0.864 bits per heavy atom. The molecule has 0 radical (unpaired) electrons. The lowest BCUT2D eigenvalue weighted by Gasteiger charge is -2.37. The Labute approximate surface area is 128 Å². The molecular weight excluding hydrogens is 276 g/mol. The number of pyridine rings is 1. The van der Waals surface area contributed by atoms with Crippen LogP contribution in [0.5, 0.6) is 0 Å². The minimum atomic E-state index is 0.311. The molecule has 1 aromatic carbocycles. The van der Waals surface area contributed by atoms with Crippen LogP contribution >= 0.6 is 0 Å². The van der Waals surface area contributed by atoms with Gasteiger partial charge in [0.1, 0.15) is 0 Å². The second kappa shape index (κ2) is 5.22. The van der Waals surface area contributed by atoms with Crippen molar-refractivity contribution in [1.82, 2.24) is 14.6 Å². The molecular formula is C16H18N6. The first-order valence-corrected chi connectivity index (χ1v) is 7.46. The van der Waals surface area contributed by atoms with Gasteiger partial charge >= 0.3 is 0 Å². The molecule has 2 aromatic heterocycles. The smallest absolute Gasteiger partial charge is 0.240 e. The Kier molecular flexibility index (Phi) is 3.07. The molecule has 1 saturated heterocycles. The van der Waals surface area contributed by atoms with Crippen LogP contribution in [0.25, 0.3) is 5.65 Å². The lowest BCUT2D eigenvalue weighted by molar-refractivity contribution is 0.653. The van der Waals surface area contributed by atoms with Crippen LogP contribution in [0.15, 0.2) is 48.7 Å². The van der Waals surface area contributed by atoms with E-state index in [-0.39, 0.29) is 0 Å². The van der Waals surface area contributed by atoms with Crippen LogP contribution in [0.2, 0.25) is 0 Å². The van der Waals surface area contributed by atoms with E-state index in [1.165, 1.54) is 11.4 Å². The lowest BCUT2D eigenvalue weighted by Crippen LogP contribution is -2.46. The van der Waals surface area contributed by atoms with Crippen LogP contribution < -0.4 is 15.5 Å². The fourth-order valence-corrected chi connectivity index (χ4v) is 2.95. The molecule has 2 N–H and O–H groups in total. The first-order chi connectivity index (χ1) is 10.8. The number of fused-ring (bicyclic) bond motifs is 1. The maximum Gasteiger partial charge on any atom is 0.240 e. The van der Waals surface area contributed by atoms with Crippen LogP contribution in [-0.4, -0.2) is 40.8 Å². The molecule has 1 aliphatic heterocycles. The van der Waals surface area contributed by atoms with Gasteiger partial charge in [-0.05, 0) is 18.2 Å². The zero-order valence-electron chi connectivity index (χ0n) is 12.3. The van der Waals surface area contributed by atoms with Gasteiger partial charge in [-0.25, -0.2) is 4.52 Å². The Morgan fingerprint density at radius 3 is 2.27 bits per heavy atom. The summed E-state index contributed by atoms with van der Waals surface area (Å²) >= 11 is 0. The summed E-state index contributed by atoms with van der Waals surface area (Å²) in [4.78, 5) is 9.02. The number of piperazine rings is 1. The van der Waals surface area contributed by atoms with Gasteiger partial charge in [0, 0.05) is 49.8 Å². The van der Waals surface area contributed by atoms with Crippen molar-refractivity contribution in [2.75, 3.05) is 41.7 Å². The highest BCUT2D eigenvalue weighted by Crippen LogP contribution is 2.21. The highest BCUT2D eigenvalue weighted by Gasteiger charge is 2.18. The molecule has 22 heavy (non-hydrogen) atoms. The number of rotatable bonds is 2. The summed E-state index contributed by atoms with van der Waals surface area (Å²) in [5.41, 5.74) is 8.90. The molecule has 0 bridgehead atoms. The molecule has 0 spiro atoms. The number of aromatic nitrogens is 3. The number of nitrogens with two attached hydrogens (primary N) is 1. The molecule has 6 nitrogen and oxygen atoms in total. The topological polar surface area (TPSA) is 62.7 Å². The summed E-state index contributed by atoms with van der Waals surface area (Å²) in [5, 5.41) is 4.11. The van der Waals surface area contributed by atoms with E-state index in [1.54, 1.807) is 4.52 Å². The highest BCUT2D eigenvalue weighted by atomic mass is 15.3. The average Bonchev–Trinajstić information content (AvgIpc) is 2.95. The van der Waals surface area contributed by atoms with Crippen molar-refractivity contribution >= 4 is 23.0 Å². The predicted octanol–water partition coefficient (Wildman–Crippen LogP) is 1.64. The summed E-state index contributed by atoms with van der Waals surface area (Å²) in [7, 11) is 0. The van der Waals surface area contributed by atoms with Crippen molar-refractivity contribution in [2.45, 2.75) is 0 Å². The first-order valence-electron chi connectivity index (χ1n) is 7.46. The third-order valence-corrected chi connectivity index (χ3v) is 4.10. The van der Waals surface area contributed by atoms with E-state index in [0.717, 1.165) is 31.8 Å². The quantitative estimate of drug-likeness (QED) is 0.778. The van der Waals surface area contributed by atoms with Crippen LogP contribution in [0.3, 0.4) is 0 Å². The van der Waals surface area contributed by atoms with Crippen molar-refractivity contribution in [3.63, 3.8) is 0 Å². The largest absolute Gasteiger partial charge is 0.368 e. The zero-order valence-corrected chi connectivity index (χ0v) is 12.3. The Hall–Kier alpha value is -2.76. The number of para-hydroxylation sites is 1. The first kappa shape index (κ1) is 12.9. The van der Waals surface area contributed by atoms with E-state index in [4.69, 9.17) is 5.73 Å². The number of hydrogen-bond acceptors (Lipinski definition) is 5. The van der Waals surface area contributed by atoms with Gasteiger partial charge < -0.3 is 15.5 Å². The lowest BCUT2D eigenvalue weighted by atomic mass is 10.2. The van der Waals surface area contributed by atoms with Gasteiger partial charge in [0.15, 0.2) is 5.65 Å². The standard InChI is InChI=1S/C16H18N6/c17-16-18-15-12-14(6-7-22(15)19-16)21-10-8-20(9-11-21)13-4-2-1-3-5-13/h1-7,12H,8-11H2,(H2,17,19). The average molecular weight is 294 g/mol. The van der Waals surface area contributed by atoms with E-state index < -0.39 is 0 Å². The van der Waals surface area contributed by atoms with Crippen LogP contribution in [0.1, 0.15) is 0 Å². The molecule has 112 valence electrons. The number of nitrogens with zero attached hydrogens (tertiary/aromatic N) is 5. The van der Waals surface area contributed by atoms with E-state index >= 15 is 0 Å². The monoisotopic (exact) mass is 294 g/mol. The molecule has 6 heteroatoms. The number of benzene rings is 1. The molecule has 3 aromatic rings. The minimum Gasteiger partial charge on any atom is -0.368 e. The third kappa shape index (κ3) is 2.32. The molecule has 0 amide bonds.